The smallest absolute Gasteiger partial charge is 0.138 e. The first-order valence-corrected chi connectivity index (χ1v) is 23.2. The molecule has 34 heavy (non-hydrogen) atoms. The van der Waals surface area contributed by atoms with Crippen LogP contribution in [0.1, 0.15) is 66.5 Å². The Balaban J connectivity index is 3.46. The summed E-state index contributed by atoms with van der Waals surface area (Å²) in [6.45, 7) is 13.5. The van der Waals surface area contributed by atoms with E-state index >= 15 is 0 Å². The molecule has 8 N–H and O–H groups in total. The first-order valence-electron chi connectivity index (χ1n) is 12.8. The van der Waals surface area contributed by atoms with Crippen molar-refractivity contribution in [3.63, 3.8) is 0 Å². The van der Waals surface area contributed by atoms with Crippen molar-refractivity contribution >= 4 is 29.8 Å². The van der Waals surface area contributed by atoms with Crippen molar-refractivity contribution in [3.8, 4) is 0 Å². The van der Waals surface area contributed by atoms with Gasteiger partial charge in [-0.25, -0.2) is 16.7 Å². The Morgan fingerprint density at radius 3 is 0.971 bits per heavy atom. The topological polar surface area (TPSA) is 123 Å². The summed E-state index contributed by atoms with van der Waals surface area (Å²) in [7, 11) is -4.10. The van der Waals surface area contributed by atoms with E-state index in [0.717, 1.165) is 57.1 Å². The Morgan fingerprint density at radius 2 is 0.765 bits per heavy atom. The molecule has 0 aliphatic heterocycles. The highest BCUT2D eigenvalue weighted by atomic mass is 32.6. The third-order valence-corrected chi connectivity index (χ3v) is 42.2. The van der Waals surface area contributed by atoms with Gasteiger partial charge < -0.3 is 9.05 Å². The van der Waals surface area contributed by atoms with Gasteiger partial charge in [-0.05, 0) is 57.1 Å². The van der Waals surface area contributed by atoms with Gasteiger partial charge in [0, 0.05) is 0 Å². The highest BCUT2D eigenvalue weighted by Gasteiger charge is 2.37. The Bertz CT molecular complexity index is 872. The van der Waals surface area contributed by atoms with Crippen LogP contribution in [-0.4, -0.2) is 46.0 Å². The molecule has 0 fully saturated rings. The Labute approximate surface area is 210 Å². The van der Waals surface area contributed by atoms with Gasteiger partial charge >= 0.3 is 0 Å². The van der Waals surface area contributed by atoms with Gasteiger partial charge in [-0.3, -0.25) is 22.0 Å². The molecule has 1 aromatic rings. The normalized spacial score (nSPS) is 16.0. The maximum Gasteiger partial charge on any atom is 0.138 e. The number of hydrogen-bond acceptors (Lipinski definition) is 2. The molecule has 10 heteroatoms. The second kappa shape index (κ2) is 11.9. The van der Waals surface area contributed by atoms with E-state index in [2.05, 4.69) is 67.5 Å². The molecule has 206 valence electrons. The number of nitrogens with two attached hydrogens (primary N) is 4. The number of hydrogen-bond donors (Lipinski definition) is 4. The van der Waals surface area contributed by atoms with Crippen molar-refractivity contribution in [2.75, 3.05) is 46.0 Å². The van der Waals surface area contributed by atoms with E-state index in [4.69, 9.17) is 31.1 Å². The monoisotopic (exact) mass is 558 g/mol. The maximum absolute atomic E-state index is 6.91. The second-order valence-corrected chi connectivity index (χ2v) is 33.7. The summed E-state index contributed by atoms with van der Waals surface area (Å²) in [5.41, 5.74) is 29.8. The lowest BCUT2D eigenvalue weighted by molar-refractivity contribution is 0.316. The van der Waals surface area contributed by atoms with Crippen LogP contribution in [0.2, 0.25) is 0 Å². The van der Waals surface area contributed by atoms with Crippen LogP contribution in [0.4, 0.5) is 0 Å². The zero-order valence-electron chi connectivity index (χ0n) is 23.2. The summed E-state index contributed by atoms with van der Waals surface area (Å²) in [6.07, 6.45) is 0. The zero-order valence-corrected chi connectivity index (χ0v) is 26.6. The van der Waals surface area contributed by atoms with E-state index in [9.17, 15) is 0 Å². The van der Waals surface area contributed by atoms with Crippen molar-refractivity contribution in [1.29, 1.82) is 0 Å². The van der Waals surface area contributed by atoms with Gasteiger partial charge in [0.05, 0.1) is 13.2 Å². The van der Waals surface area contributed by atoms with Crippen molar-refractivity contribution in [3.05, 3.63) is 35.4 Å². The van der Waals surface area contributed by atoms with Crippen molar-refractivity contribution < 1.29 is 9.05 Å². The van der Waals surface area contributed by atoms with Gasteiger partial charge in [-0.2, -0.15) is 0 Å². The van der Waals surface area contributed by atoms with Gasteiger partial charge in [0.1, 0.15) is 13.1 Å². The lowest BCUT2D eigenvalue weighted by atomic mass is 10.1. The third-order valence-electron chi connectivity index (χ3n) is 9.51. The fourth-order valence-electron chi connectivity index (χ4n) is 5.54. The second-order valence-electron chi connectivity index (χ2n) is 9.40. The van der Waals surface area contributed by atoms with Crippen LogP contribution in [0, 0.1) is 0 Å². The molecular weight excluding hydrogens is 502 g/mol. The van der Waals surface area contributed by atoms with E-state index in [0.29, 0.717) is 13.2 Å². The van der Waals surface area contributed by atoms with Gasteiger partial charge in [-0.1, -0.05) is 79.7 Å². The average Bonchev–Trinajstić information content (AvgIpc) is 2.86. The van der Waals surface area contributed by atoms with Gasteiger partial charge in [-0.15, -0.1) is 0 Å². The summed E-state index contributed by atoms with van der Waals surface area (Å²) in [5, 5.41) is 0. The fraction of sp³-hybridized carbons (Fsp3) is 0.750. The first kappa shape index (κ1) is 32.6. The third kappa shape index (κ3) is 5.12. The minimum absolute atomic E-state index is 0.387. The molecule has 0 aliphatic carbocycles. The Morgan fingerprint density at radius 1 is 0.529 bits per heavy atom. The standard InChI is InChI=1S/C24H56N4O2P2S2/c1-9-33(10-2,11-3,12-4)31(25,26)29-21-23-19-17-18-20-24(23)22-30-32(27,28)34(13-5,14-6,15-7)16-8/h17-20H,9-16,21-22,25-28H2,1-8H3. The molecule has 1 aromatic carbocycles. The van der Waals surface area contributed by atoms with Crippen molar-refractivity contribution in [2.45, 2.75) is 68.6 Å². The van der Waals surface area contributed by atoms with Gasteiger partial charge in [0.25, 0.3) is 0 Å². The largest absolute Gasteiger partial charge is 0.327 e. The van der Waals surface area contributed by atoms with E-state index in [1.54, 1.807) is 0 Å². The quantitative estimate of drug-likeness (QED) is 0.225. The summed E-state index contributed by atoms with van der Waals surface area (Å²) < 4.78 is 13.0. The van der Waals surface area contributed by atoms with E-state index in [1.165, 1.54) is 0 Å². The Kier molecular flexibility index (Phi) is 11.4. The van der Waals surface area contributed by atoms with Crippen LogP contribution < -0.4 is 22.0 Å². The molecule has 0 spiro atoms. The molecule has 1 rings (SSSR count). The molecule has 0 aromatic heterocycles. The molecule has 0 radical (unpaired) electrons. The SMILES string of the molecule is CCS(CC)(CC)(CC)=P(N)(N)OCc1ccccc1COP(N)(N)=S(CC)(CC)(CC)CC. The number of rotatable bonds is 14. The van der Waals surface area contributed by atoms with Gasteiger partial charge in [0.2, 0.25) is 0 Å². The van der Waals surface area contributed by atoms with Crippen LogP contribution in [0.3, 0.4) is 0 Å². The van der Waals surface area contributed by atoms with Crippen LogP contribution in [0.15, 0.2) is 24.3 Å². The summed E-state index contributed by atoms with van der Waals surface area (Å²) in [5.74, 6) is 8.06. The number of benzene rings is 1. The molecule has 0 aliphatic rings. The predicted molar refractivity (Wildman–Crippen MR) is 166 cm³/mol. The molecular formula is C24H56N4O2P2S2. The molecule has 0 amide bonds. The molecule has 0 saturated heterocycles. The summed E-state index contributed by atoms with van der Waals surface area (Å²) in [6, 6.07) is 8.19. The van der Waals surface area contributed by atoms with Crippen LogP contribution in [0.25, 0.3) is 0 Å². The van der Waals surface area contributed by atoms with E-state index in [-0.39, 0.29) is 0 Å². The van der Waals surface area contributed by atoms with Crippen molar-refractivity contribution in [1.82, 2.24) is 0 Å². The fourth-order valence-corrected chi connectivity index (χ4v) is 26.7. The molecule has 6 nitrogen and oxygen atoms in total. The highest BCUT2D eigenvalue weighted by Crippen LogP contribution is 2.55. The maximum atomic E-state index is 6.91. The minimum atomic E-state index is -2.58. The molecule has 0 atom stereocenters. The van der Waals surface area contributed by atoms with Crippen LogP contribution in [-0.2, 0) is 38.9 Å². The summed E-state index contributed by atoms with van der Waals surface area (Å²) >= 11 is 0. The van der Waals surface area contributed by atoms with Crippen LogP contribution in [0.5, 0.6) is 0 Å². The predicted octanol–water partition coefficient (Wildman–Crippen LogP) is 5.45. The van der Waals surface area contributed by atoms with E-state index in [1.807, 2.05) is 12.1 Å². The molecule has 0 heterocycles. The van der Waals surface area contributed by atoms with Gasteiger partial charge in [0.15, 0.2) is 0 Å². The van der Waals surface area contributed by atoms with Crippen molar-refractivity contribution in [2.24, 2.45) is 22.0 Å². The first-order chi connectivity index (χ1) is 15.8. The Hall–Kier alpha value is 0.540. The molecule has 0 bridgehead atoms. The minimum Gasteiger partial charge on any atom is -0.327 e. The van der Waals surface area contributed by atoms with Crippen LogP contribution >= 0.6 is 13.1 Å². The zero-order chi connectivity index (χ0) is 26.4. The molecule has 0 saturated carbocycles. The lowest BCUT2D eigenvalue weighted by Gasteiger charge is -2.53. The molecule has 0 unspecified atom stereocenters. The highest BCUT2D eigenvalue weighted by molar-refractivity contribution is 8.52. The average molecular weight is 559 g/mol. The lowest BCUT2D eigenvalue weighted by Crippen LogP contribution is -2.47. The summed E-state index contributed by atoms with van der Waals surface area (Å²) in [4.78, 5) is 0. The van der Waals surface area contributed by atoms with E-state index < -0.39 is 29.8 Å².